The van der Waals surface area contributed by atoms with Crippen LogP contribution in [0.2, 0.25) is 0 Å². The van der Waals surface area contributed by atoms with Crippen LogP contribution in [0.25, 0.3) is 0 Å². The average molecular weight is 328 g/mol. The van der Waals surface area contributed by atoms with E-state index in [1.54, 1.807) is 0 Å². The van der Waals surface area contributed by atoms with Crippen LogP contribution in [-0.2, 0) is 0 Å². The van der Waals surface area contributed by atoms with Crippen LogP contribution >= 0.6 is 0 Å². The van der Waals surface area contributed by atoms with Gasteiger partial charge in [0.25, 0.3) is 0 Å². The van der Waals surface area contributed by atoms with Crippen molar-refractivity contribution in [2.45, 2.75) is 5.92 Å². The second-order valence-corrected chi connectivity index (χ2v) is 6.55. The number of nitrogens with one attached hydrogen (secondary N) is 1. The third kappa shape index (κ3) is 3.45. The van der Waals surface area contributed by atoms with E-state index in [2.05, 4.69) is 95.1 Å². The van der Waals surface area contributed by atoms with E-state index in [-0.39, 0.29) is 5.92 Å². The molecular weight excluding hydrogens is 304 g/mol. The van der Waals surface area contributed by atoms with Gasteiger partial charge in [-0.1, -0.05) is 78.9 Å². The maximum atomic E-state index is 3.45. The summed E-state index contributed by atoms with van der Waals surface area (Å²) in [5, 5.41) is 3.45. The van der Waals surface area contributed by atoms with Crippen molar-refractivity contribution in [3.8, 4) is 0 Å². The molecule has 0 spiro atoms. The number of hydrogen-bond donors (Lipinski definition) is 1. The van der Waals surface area contributed by atoms with E-state index in [0.717, 1.165) is 26.2 Å². The lowest BCUT2D eigenvalue weighted by atomic mass is 9.84. The molecule has 0 amide bonds. The Bertz CT molecular complexity index is 753. The molecule has 0 atom stereocenters. The summed E-state index contributed by atoms with van der Waals surface area (Å²) in [6.07, 6.45) is 0. The van der Waals surface area contributed by atoms with Gasteiger partial charge in [0.05, 0.1) is 0 Å². The molecule has 1 fully saturated rings. The van der Waals surface area contributed by atoms with Crippen molar-refractivity contribution in [3.05, 3.63) is 102 Å². The van der Waals surface area contributed by atoms with Crippen LogP contribution < -0.4 is 10.2 Å². The molecule has 1 heterocycles. The predicted octanol–water partition coefficient (Wildman–Crippen LogP) is 4.28. The molecule has 126 valence electrons. The fourth-order valence-electron chi connectivity index (χ4n) is 3.77. The normalized spacial score (nSPS) is 14.7. The molecule has 0 saturated carbocycles. The molecule has 3 aromatic rings. The standard InChI is InChI=1S/C23H24N2/c1-3-9-19(10-4-1)23(20-11-5-2-6-12-20)21-13-7-8-14-22(21)25-17-15-24-16-18-25/h1-14,23-24H,15-18H2. The molecule has 0 aromatic heterocycles. The van der Waals surface area contributed by atoms with Gasteiger partial charge in [0.1, 0.15) is 0 Å². The zero-order valence-corrected chi connectivity index (χ0v) is 14.4. The first-order valence-corrected chi connectivity index (χ1v) is 9.08. The predicted molar refractivity (Wildman–Crippen MR) is 105 cm³/mol. The lowest BCUT2D eigenvalue weighted by Gasteiger charge is -2.33. The largest absolute Gasteiger partial charge is 0.369 e. The molecule has 3 aromatic carbocycles. The number of piperazine rings is 1. The molecule has 2 nitrogen and oxygen atoms in total. The molecule has 4 rings (SSSR count). The Kier molecular flexibility index (Phi) is 4.80. The molecule has 1 aliphatic heterocycles. The van der Waals surface area contributed by atoms with Crippen LogP contribution in [0.3, 0.4) is 0 Å². The average Bonchev–Trinajstić information content (AvgIpc) is 2.71. The van der Waals surface area contributed by atoms with E-state index in [0.29, 0.717) is 0 Å². The van der Waals surface area contributed by atoms with Gasteiger partial charge >= 0.3 is 0 Å². The van der Waals surface area contributed by atoms with E-state index in [4.69, 9.17) is 0 Å². The van der Waals surface area contributed by atoms with Gasteiger partial charge in [-0.15, -0.1) is 0 Å². The summed E-state index contributed by atoms with van der Waals surface area (Å²) < 4.78 is 0. The highest BCUT2D eigenvalue weighted by Crippen LogP contribution is 2.37. The van der Waals surface area contributed by atoms with Crippen LogP contribution in [0.5, 0.6) is 0 Å². The van der Waals surface area contributed by atoms with Crippen LogP contribution in [0.1, 0.15) is 22.6 Å². The van der Waals surface area contributed by atoms with Gasteiger partial charge in [0.2, 0.25) is 0 Å². The van der Waals surface area contributed by atoms with Crippen LogP contribution in [0, 0.1) is 0 Å². The van der Waals surface area contributed by atoms with Gasteiger partial charge in [-0.2, -0.15) is 0 Å². The van der Waals surface area contributed by atoms with Crippen LogP contribution in [0.4, 0.5) is 5.69 Å². The summed E-state index contributed by atoms with van der Waals surface area (Å²) >= 11 is 0. The number of benzene rings is 3. The summed E-state index contributed by atoms with van der Waals surface area (Å²) in [7, 11) is 0. The fraction of sp³-hybridized carbons (Fsp3) is 0.217. The molecule has 0 aliphatic carbocycles. The fourth-order valence-corrected chi connectivity index (χ4v) is 3.77. The summed E-state index contributed by atoms with van der Waals surface area (Å²) in [6, 6.07) is 30.6. The van der Waals surface area contributed by atoms with E-state index < -0.39 is 0 Å². The topological polar surface area (TPSA) is 15.3 Å². The van der Waals surface area contributed by atoms with E-state index in [1.807, 2.05) is 0 Å². The van der Waals surface area contributed by atoms with Gasteiger partial charge < -0.3 is 10.2 Å². The van der Waals surface area contributed by atoms with Crippen LogP contribution in [-0.4, -0.2) is 26.2 Å². The quantitative estimate of drug-likeness (QED) is 0.719. The maximum absolute atomic E-state index is 3.45. The van der Waals surface area contributed by atoms with Crippen molar-refractivity contribution in [2.75, 3.05) is 31.1 Å². The van der Waals surface area contributed by atoms with Crippen molar-refractivity contribution in [3.63, 3.8) is 0 Å². The highest BCUT2D eigenvalue weighted by molar-refractivity contribution is 5.60. The maximum Gasteiger partial charge on any atom is 0.0409 e. The second kappa shape index (κ2) is 7.54. The molecule has 0 radical (unpaired) electrons. The molecule has 0 bridgehead atoms. The Labute approximate surface area is 150 Å². The Morgan fingerprint density at radius 1 is 0.640 bits per heavy atom. The monoisotopic (exact) mass is 328 g/mol. The van der Waals surface area contributed by atoms with Crippen LogP contribution in [0.15, 0.2) is 84.9 Å². The first-order valence-electron chi connectivity index (χ1n) is 9.08. The molecule has 1 aliphatic rings. The van der Waals surface area contributed by atoms with Crippen molar-refractivity contribution >= 4 is 5.69 Å². The third-order valence-corrected chi connectivity index (χ3v) is 4.97. The van der Waals surface area contributed by atoms with Crippen molar-refractivity contribution in [1.29, 1.82) is 0 Å². The summed E-state index contributed by atoms with van der Waals surface area (Å²) in [6.45, 7) is 4.23. The van der Waals surface area contributed by atoms with E-state index in [1.165, 1.54) is 22.4 Å². The molecule has 25 heavy (non-hydrogen) atoms. The third-order valence-electron chi connectivity index (χ3n) is 4.97. The second-order valence-electron chi connectivity index (χ2n) is 6.55. The minimum Gasteiger partial charge on any atom is -0.369 e. The van der Waals surface area contributed by atoms with Gasteiger partial charge in [-0.3, -0.25) is 0 Å². The summed E-state index contributed by atoms with van der Waals surface area (Å²) in [5.41, 5.74) is 5.44. The highest BCUT2D eigenvalue weighted by Gasteiger charge is 2.22. The van der Waals surface area contributed by atoms with Gasteiger partial charge in [0.15, 0.2) is 0 Å². The molecule has 0 unspecified atom stereocenters. The lowest BCUT2D eigenvalue weighted by Crippen LogP contribution is -2.44. The van der Waals surface area contributed by atoms with E-state index >= 15 is 0 Å². The summed E-state index contributed by atoms with van der Waals surface area (Å²) in [4.78, 5) is 2.52. The molecule has 1 saturated heterocycles. The Hall–Kier alpha value is -2.58. The number of anilines is 1. The Morgan fingerprint density at radius 3 is 1.76 bits per heavy atom. The van der Waals surface area contributed by atoms with E-state index in [9.17, 15) is 0 Å². The van der Waals surface area contributed by atoms with Crippen molar-refractivity contribution in [2.24, 2.45) is 0 Å². The SMILES string of the molecule is c1ccc(C(c2ccccc2)c2ccccc2N2CCNCC2)cc1. The lowest BCUT2D eigenvalue weighted by molar-refractivity contribution is 0.587. The minimum atomic E-state index is 0.258. The number of hydrogen-bond acceptors (Lipinski definition) is 2. The molecule has 2 heteroatoms. The highest BCUT2D eigenvalue weighted by atomic mass is 15.2. The Morgan fingerprint density at radius 2 is 1.16 bits per heavy atom. The summed E-state index contributed by atoms with van der Waals surface area (Å²) in [5.74, 6) is 0.258. The molecular formula is C23H24N2. The van der Waals surface area contributed by atoms with Crippen molar-refractivity contribution < 1.29 is 0 Å². The first kappa shape index (κ1) is 15.9. The number of para-hydroxylation sites is 1. The zero-order valence-electron chi connectivity index (χ0n) is 14.4. The van der Waals surface area contributed by atoms with Gasteiger partial charge in [-0.25, -0.2) is 0 Å². The van der Waals surface area contributed by atoms with Gasteiger partial charge in [0, 0.05) is 37.8 Å². The number of nitrogens with zero attached hydrogens (tertiary/aromatic N) is 1. The number of rotatable bonds is 4. The van der Waals surface area contributed by atoms with Crippen molar-refractivity contribution in [1.82, 2.24) is 5.32 Å². The van der Waals surface area contributed by atoms with Gasteiger partial charge in [-0.05, 0) is 22.8 Å². The Balaban J connectivity index is 1.83. The first-order chi connectivity index (χ1) is 12.4. The zero-order chi connectivity index (χ0) is 16.9. The minimum absolute atomic E-state index is 0.258. The molecule has 1 N–H and O–H groups in total. The smallest absolute Gasteiger partial charge is 0.0409 e.